The van der Waals surface area contributed by atoms with Crippen molar-refractivity contribution in [3.05, 3.63) is 87.8 Å². The average molecular weight is 493 g/mol. The largest absolute Gasteiger partial charge is 0.468 e. The van der Waals surface area contributed by atoms with Crippen LogP contribution in [0.15, 0.2) is 80.9 Å². The maximum Gasteiger partial charge on any atom is 0.337 e. The first-order chi connectivity index (χ1) is 16.6. The number of carbonyl (C=O) groups is 2. The number of anilines is 1. The van der Waals surface area contributed by atoms with Crippen LogP contribution in [0.25, 0.3) is 5.70 Å². The molecule has 0 bridgehead atoms. The summed E-state index contributed by atoms with van der Waals surface area (Å²) in [5.74, 6) is -1.13. The number of nitrogens with zero attached hydrogens (tertiary/aromatic N) is 2. The second kappa shape index (κ2) is 10.9. The van der Waals surface area contributed by atoms with E-state index in [4.69, 9.17) is 9.15 Å². The van der Waals surface area contributed by atoms with E-state index in [1.165, 1.54) is 29.4 Å². The summed E-state index contributed by atoms with van der Waals surface area (Å²) >= 11 is 2.49. The van der Waals surface area contributed by atoms with E-state index in [1.807, 2.05) is 30.3 Å². The Morgan fingerprint density at radius 1 is 1.29 bits per heavy atom. The van der Waals surface area contributed by atoms with E-state index in [0.29, 0.717) is 21.6 Å². The van der Waals surface area contributed by atoms with Crippen molar-refractivity contribution in [1.82, 2.24) is 10.3 Å². The van der Waals surface area contributed by atoms with Gasteiger partial charge >= 0.3 is 5.97 Å². The first-order valence-corrected chi connectivity index (χ1v) is 12.2. The Morgan fingerprint density at radius 3 is 2.76 bits per heavy atom. The number of esters is 1. The van der Waals surface area contributed by atoms with Gasteiger partial charge in [0.2, 0.25) is 5.91 Å². The number of allylic oxidation sites excluding steroid dienone is 1. The van der Waals surface area contributed by atoms with Crippen molar-refractivity contribution >= 4 is 45.8 Å². The van der Waals surface area contributed by atoms with E-state index in [1.54, 1.807) is 30.6 Å². The third-order valence-corrected chi connectivity index (χ3v) is 6.57. The average Bonchev–Trinajstić information content (AvgIpc) is 3.57. The van der Waals surface area contributed by atoms with Gasteiger partial charge in [-0.3, -0.25) is 4.79 Å². The highest BCUT2D eigenvalue weighted by molar-refractivity contribution is 8.03. The molecule has 2 aromatic heterocycles. The molecule has 3 heterocycles. The number of benzene rings is 1. The highest BCUT2D eigenvalue weighted by Gasteiger charge is 2.38. The third kappa shape index (κ3) is 5.06. The molecular formula is C24H20N4O4S2. The first-order valence-electron chi connectivity index (χ1n) is 10.4. The molecule has 0 saturated heterocycles. The second-order valence-corrected chi connectivity index (χ2v) is 8.86. The summed E-state index contributed by atoms with van der Waals surface area (Å²) in [5.41, 5.74) is 1.78. The minimum atomic E-state index is -0.792. The number of hydrogen-bond donors (Lipinski definition) is 2. The highest BCUT2D eigenvalue weighted by atomic mass is 32.2. The van der Waals surface area contributed by atoms with E-state index in [9.17, 15) is 14.9 Å². The van der Waals surface area contributed by atoms with Crippen LogP contribution in [0.5, 0.6) is 0 Å². The minimum Gasteiger partial charge on any atom is -0.468 e. The number of ether oxygens (including phenoxy) is 1. The summed E-state index contributed by atoms with van der Waals surface area (Å²) < 4.78 is 11.0. The van der Waals surface area contributed by atoms with Gasteiger partial charge in [-0.15, -0.1) is 11.3 Å². The number of thioether (sulfide) groups is 1. The molecule has 10 heteroatoms. The first kappa shape index (κ1) is 23.4. The molecule has 4 rings (SSSR count). The Kier molecular flexibility index (Phi) is 7.47. The van der Waals surface area contributed by atoms with Gasteiger partial charge in [-0.2, -0.15) is 5.26 Å². The Labute approximate surface area is 204 Å². The molecule has 1 aliphatic rings. The van der Waals surface area contributed by atoms with Crippen molar-refractivity contribution in [2.45, 2.75) is 12.8 Å². The molecule has 2 N–H and O–H groups in total. The molecule has 0 unspecified atom stereocenters. The van der Waals surface area contributed by atoms with Gasteiger partial charge in [-0.05, 0) is 24.6 Å². The Bertz CT molecular complexity index is 1260. The fourth-order valence-corrected chi connectivity index (χ4v) is 4.86. The maximum atomic E-state index is 13.1. The second-order valence-electron chi connectivity index (χ2n) is 6.98. The van der Waals surface area contributed by atoms with Gasteiger partial charge in [0.25, 0.3) is 0 Å². The summed E-state index contributed by atoms with van der Waals surface area (Å²) in [7, 11) is 0. The molecule has 0 saturated carbocycles. The van der Waals surface area contributed by atoms with Gasteiger partial charge in [0.1, 0.15) is 5.76 Å². The zero-order valence-corrected chi connectivity index (χ0v) is 19.7. The number of aromatic nitrogens is 1. The molecule has 1 aliphatic heterocycles. The number of nitriles is 1. The van der Waals surface area contributed by atoms with Gasteiger partial charge in [0.05, 0.1) is 52.5 Å². The molecule has 34 heavy (non-hydrogen) atoms. The predicted octanol–water partition coefficient (Wildman–Crippen LogP) is 4.50. The number of hydrogen-bond acceptors (Lipinski definition) is 9. The highest BCUT2D eigenvalue weighted by Crippen LogP contribution is 2.43. The molecule has 0 spiro atoms. The van der Waals surface area contributed by atoms with Crippen LogP contribution < -0.4 is 10.6 Å². The summed E-state index contributed by atoms with van der Waals surface area (Å²) in [5, 5.41) is 18.8. The molecule has 8 nitrogen and oxygen atoms in total. The van der Waals surface area contributed by atoms with E-state index in [2.05, 4.69) is 21.7 Å². The molecule has 0 aliphatic carbocycles. The van der Waals surface area contributed by atoms with E-state index >= 15 is 0 Å². The molecule has 172 valence electrons. The van der Waals surface area contributed by atoms with Crippen molar-refractivity contribution in [3.63, 3.8) is 0 Å². The molecule has 0 radical (unpaired) electrons. The van der Waals surface area contributed by atoms with Gasteiger partial charge in [-0.1, -0.05) is 42.1 Å². The fraction of sp³-hybridized carbons (Fsp3) is 0.167. The quantitative estimate of drug-likeness (QED) is 0.441. The summed E-state index contributed by atoms with van der Waals surface area (Å²) in [4.78, 5) is 29.6. The summed E-state index contributed by atoms with van der Waals surface area (Å²) in [6.07, 6.45) is 3.10. The van der Waals surface area contributed by atoms with Crippen molar-refractivity contribution < 1.29 is 18.7 Å². The van der Waals surface area contributed by atoms with Crippen LogP contribution in [0.1, 0.15) is 24.2 Å². The number of dihydropyridines is 1. The summed E-state index contributed by atoms with van der Waals surface area (Å²) in [6, 6.07) is 14.9. The van der Waals surface area contributed by atoms with Crippen molar-refractivity contribution in [2.24, 2.45) is 0 Å². The van der Waals surface area contributed by atoms with E-state index in [-0.39, 0.29) is 29.4 Å². The molecule has 1 aromatic carbocycles. The Hall–Kier alpha value is -3.81. The van der Waals surface area contributed by atoms with Crippen LogP contribution in [-0.4, -0.2) is 29.2 Å². The number of amides is 1. The molecule has 1 atom stereocenters. The normalized spacial score (nSPS) is 15.5. The van der Waals surface area contributed by atoms with Crippen molar-refractivity contribution in [3.8, 4) is 6.07 Å². The van der Waals surface area contributed by atoms with Crippen LogP contribution in [0, 0.1) is 11.3 Å². The van der Waals surface area contributed by atoms with Gasteiger partial charge in [0, 0.05) is 11.6 Å². The van der Waals surface area contributed by atoms with Gasteiger partial charge in [-0.25, -0.2) is 9.78 Å². The number of carbonyl (C=O) groups excluding carboxylic acids is 2. The molecule has 0 fully saturated rings. The zero-order chi connectivity index (χ0) is 23.9. The number of rotatable bonds is 8. The SMILES string of the molecule is CCOC(=O)C1=C(c2ccccc2)NC(SCC(=O)Nc2nccs2)=C(C#N)[C@H]1c1ccco1. The van der Waals surface area contributed by atoms with Crippen molar-refractivity contribution in [1.29, 1.82) is 5.26 Å². The fourth-order valence-electron chi connectivity index (χ4n) is 3.48. The smallest absolute Gasteiger partial charge is 0.337 e. The lowest BCUT2D eigenvalue weighted by Crippen LogP contribution is -2.29. The maximum absolute atomic E-state index is 13.1. The number of furan rings is 1. The van der Waals surface area contributed by atoms with Crippen molar-refractivity contribution in [2.75, 3.05) is 17.7 Å². The van der Waals surface area contributed by atoms with Crippen LogP contribution >= 0.6 is 23.1 Å². The lowest BCUT2D eigenvalue weighted by molar-refractivity contribution is -0.138. The zero-order valence-electron chi connectivity index (χ0n) is 18.1. The number of nitrogens with one attached hydrogen (secondary N) is 2. The number of thiazole rings is 1. The monoisotopic (exact) mass is 492 g/mol. The van der Waals surface area contributed by atoms with E-state index in [0.717, 1.165) is 5.56 Å². The third-order valence-electron chi connectivity index (χ3n) is 4.86. The van der Waals surface area contributed by atoms with Crippen LogP contribution in [-0.2, 0) is 14.3 Å². The molecule has 1 amide bonds. The molecular weight excluding hydrogens is 472 g/mol. The molecule has 3 aromatic rings. The van der Waals surface area contributed by atoms with E-state index < -0.39 is 11.9 Å². The summed E-state index contributed by atoms with van der Waals surface area (Å²) in [6.45, 7) is 1.90. The lowest BCUT2D eigenvalue weighted by atomic mass is 9.84. The Morgan fingerprint density at radius 2 is 2.12 bits per heavy atom. The van der Waals surface area contributed by atoms with Crippen LogP contribution in [0.4, 0.5) is 5.13 Å². The predicted molar refractivity (Wildman–Crippen MR) is 130 cm³/mol. The minimum absolute atomic E-state index is 0.0365. The van der Waals surface area contributed by atoms with Gasteiger partial charge in [0.15, 0.2) is 5.13 Å². The van der Waals surface area contributed by atoms with Crippen LogP contribution in [0.2, 0.25) is 0 Å². The Balaban J connectivity index is 1.74. The van der Waals surface area contributed by atoms with Gasteiger partial charge < -0.3 is 19.8 Å². The standard InChI is InChI=1S/C24H20N4O4S2/c1-2-31-23(30)20-19(17-9-6-11-32-17)16(13-25)22(28-21(20)15-7-4-3-5-8-15)34-14-18(29)27-24-26-10-12-33-24/h3-12,19,28H,2,14H2,1H3,(H,26,27,29)/t19-/m0/s1. The lowest BCUT2D eigenvalue weighted by Gasteiger charge is -2.29. The van der Waals surface area contributed by atoms with Crippen LogP contribution in [0.3, 0.4) is 0 Å². The topological polar surface area (TPSA) is 117 Å².